The molecule has 0 saturated carbocycles. The third-order valence-corrected chi connectivity index (χ3v) is 5.82. The topological polar surface area (TPSA) is 75.5 Å². The van der Waals surface area contributed by atoms with Crippen molar-refractivity contribution in [1.29, 1.82) is 0 Å². The van der Waals surface area contributed by atoms with Gasteiger partial charge in [0, 0.05) is 11.8 Å². The molecule has 2 aromatic heterocycles. The molecule has 0 amide bonds. The van der Waals surface area contributed by atoms with Gasteiger partial charge in [-0.15, -0.1) is 0 Å². The van der Waals surface area contributed by atoms with Gasteiger partial charge in [-0.25, -0.2) is 9.97 Å². The molecule has 5 rings (SSSR count). The van der Waals surface area contributed by atoms with Crippen molar-refractivity contribution in [2.24, 2.45) is 0 Å². The van der Waals surface area contributed by atoms with Gasteiger partial charge in [-0.3, -0.25) is 4.79 Å². The van der Waals surface area contributed by atoms with Gasteiger partial charge in [-0.2, -0.15) is 13.2 Å². The Morgan fingerprint density at radius 2 is 1.78 bits per heavy atom. The van der Waals surface area contributed by atoms with Gasteiger partial charge in [0.05, 0.1) is 10.9 Å². The van der Waals surface area contributed by atoms with Crippen LogP contribution in [0.5, 0.6) is 0 Å². The minimum Gasteiger partial charge on any atom is -0.341 e. The standard InChI is InChI=1S/C21H17ClF3N3O4/c1-20(2)31-15-14(13(29)10-3-5-11(6-4-10)21(23,24)25)30-19(16(15)32-20)28-8-7-12-17(22)26-9-27-18(12)28/h3-9,14-16,19H,1-2H3/t14-,15-,16-,19-/m1/s1. The van der Waals surface area contributed by atoms with Gasteiger partial charge in [0.15, 0.2) is 23.9 Å². The summed E-state index contributed by atoms with van der Waals surface area (Å²) in [4.78, 5) is 21.4. The first-order valence-electron chi connectivity index (χ1n) is 9.75. The molecule has 0 unspecified atom stereocenters. The first kappa shape index (κ1) is 21.3. The molecule has 2 aliphatic rings. The van der Waals surface area contributed by atoms with Crippen LogP contribution in [-0.2, 0) is 20.4 Å². The van der Waals surface area contributed by atoms with E-state index in [4.69, 9.17) is 25.8 Å². The van der Waals surface area contributed by atoms with Crippen molar-refractivity contribution in [2.75, 3.05) is 0 Å². The van der Waals surface area contributed by atoms with E-state index >= 15 is 0 Å². The average Bonchev–Trinajstić information content (AvgIpc) is 3.38. The number of carbonyl (C=O) groups excluding carboxylic acids is 1. The lowest BCUT2D eigenvalue weighted by Gasteiger charge is -2.24. The minimum absolute atomic E-state index is 0.0819. The van der Waals surface area contributed by atoms with Crippen LogP contribution in [0.1, 0.15) is 36.0 Å². The number of rotatable bonds is 3. The second-order valence-corrected chi connectivity index (χ2v) is 8.43. The molecular weight excluding hydrogens is 451 g/mol. The van der Waals surface area contributed by atoms with E-state index in [0.29, 0.717) is 11.0 Å². The van der Waals surface area contributed by atoms with Crippen LogP contribution in [0.25, 0.3) is 11.0 Å². The number of ether oxygens (including phenoxy) is 3. The van der Waals surface area contributed by atoms with Crippen molar-refractivity contribution in [2.45, 2.75) is 50.4 Å². The molecule has 168 valence electrons. The highest BCUT2D eigenvalue weighted by Gasteiger charge is 2.58. The molecule has 32 heavy (non-hydrogen) atoms. The largest absolute Gasteiger partial charge is 0.416 e. The van der Waals surface area contributed by atoms with Crippen LogP contribution in [-0.4, -0.2) is 44.4 Å². The number of aromatic nitrogens is 3. The summed E-state index contributed by atoms with van der Waals surface area (Å²) >= 11 is 6.14. The third-order valence-electron chi connectivity index (χ3n) is 5.52. The number of hydrogen-bond acceptors (Lipinski definition) is 6. The second-order valence-electron chi connectivity index (χ2n) is 8.08. The molecule has 0 bridgehead atoms. The molecule has 0 aliphatic carbocycles. The summed E-state index contributed by atoms with van der Waals surface area (Å²) in [5.41, 5.74) is -0.266. The lowest BCUT2D eigenvalue weighted by atomic mass is 10.00. The predicted molar refractivity (Wildman–Crippen MR) is 106 cm³/mol. The number of fused-ring (bicyclic) bond motifs is 2. The van der Waals surface area contributed by atoms with E-state index in [9.17, 15) is 18.0 Å². The molecule has 7 nitrogen and oxygen atoms in total. The summed E-state index contributed by atoms with van der Waals surface area (Å²) in [6.07, 6.45) is -4.75. The Labute approximate surface area is 185 Å². The quantitative estimate of drug-likeness (QED) is 0.420. The van der Waals surface area contributed by atoms with Crippen molar-refractivity contribution in [3.63, 3.8) is 0 Å². The van der Waals surface area contributed by atoms with E-state index in [0.717, 1.165) is 24.3 Å². The van der Waals surface area contributed by atoms with Crippen molar-refractivity contribution in [3.8, 4) is 0 Å². The fourth-order valence-electron chi connectivity index (χ4n) is 4.14. The number of nitrogens with zero attached hydrogens (tertiary/aromatic N) is 3. The van der Waals surface area contributed by atoms with Crippen LogP contribution in [0.2, 0.25) is 5.15 Å². The molecule has 1 aromatic carbocycles. The number of ketones is 1. The normalized spacial score (nSPS) is 27.1. The molecule has 2 saturated heterocycles. The van der Waals surface area contributed by atoms with Gasteiger partial charge in [0.25, 0.3) is 0 Å². The van der Waals surface area contributed by atoms with E-state index in [1.54, 1.807) is 30.7 Å². The smallest absolute Gasteiger partial charge is 0.341 e. The number of halogens is 4. The Balaban J connectivity index is 1.50. The fraction of sp³-hybridized carbons (Fsp3) is 0.381. The average molecular weight is 468 g/mol. The zero-order chi connectivity index (χ0) is 22.8. The van der Waals surface area contributed by atoms with Crippen molar-refractivity contribution in [3.05, 3.63) is 59.1 Å². The summed E-state index contributed by atoms with van der Waals surface area (Å²) in [5, 5.41) is 0.870. The van der Waals surface area contributed by atoms with Gasteiger partial charge in [-0.1, -0.05) is 23.7 Å². The number of hydrogen-bond donors (Lipinski definition) is 0. The summed E-state index contributed by atoms with van der Waals surface area (Å²) in [7, 11) is 0. The highest BCUT2D eigenvalue weighted by Crippen LogP contribution is 2.45. The summed E-state index contributed by atoms with van der Waals surface area (Å²) < 4.78 is 58.4. The van der Waals surface area contributed by atoms with Crippen LogP contribution < -0.4 is 0 Å². The molecule has 3 aromatic rings. The molecule has 11 heteroatoms. The second kappa shape index (κ2) is 7.24. The van der Waals surface area contributed by atoms with E-state index in [1.165, 1.54) is 6.33 Å². The number of carbonyl (C=O) groups is 1. The first-order chi connectivity index (χ1) is 15.0. The van der Waals surface area contributed by atoms with Crippen molar-refractivity contribution in [1.82, 2.24) is 14.5 Å². The maximum Gasteiger partial charge on any atom is 0.416 e. The molecule has 0 N–H and O–H groups in total. The SMILES string of the molecule is CC1(C)O[C@@H]2[C@H](O1)[C@@H](C(=O)c1ccc(C(F)(F)F)cc1)O[C@H]2n1ccc2c(Cl)ncnc21. The van der Waals surface area contributed by atoms with Crippen LogP contribution in [0.15, 0.2) is 42.9 Å². The Morgan fingerprint density at radius 1 is 1.09 bits per heavy atom. The van der Waals surface area contributed by atoms with E-state index in [2.05, 4.69) is 9.97 Å². The predicted octanol–water partition coefficient (Wildman–Crippen LogP) is 4.40. The van der Waals surface area contributed by atoms with Crippen LogP contribution in [0, 0.1) is 0 Å². The van der Waals surface area contributed by atoms with E-state index in [1.807, 2.05) is 0 Å². The molecule has 0 radical (unpaired) electrons. The van der Waals surface area contributed by atoms with Gasteiger partial charge in [0.1, 0.15) is 29.3 Å². The molecule has 4 atom stereocenters. The van der Waals surface area contributed by atoms with Gasteiger partial charge in [0.2, 0.25) is 0 Å². The molecule has 4 heterocycles. The summed E-state index contributed by atoms with van der Waals surface area (Å²) in [5.74, 6) is -1.48. The molecular formula is C21H17ClF3N3O4. The Hall–Kier alpha value is -2.53. The number of alkyl halides is 3. The van der Waals surface area contributed by atoms with Crippen LogP contribution in [0.3, 0.4) is 0 Å². The minimum atomic E-state index is -4.49. The zero-order valence-corrected chi connectivity index (χ0v) is 17.6. The van der Waals surface area contributed by atoms with Gasteiger partial charge >= 0.3 is 6.18 Å². The number of benzene rings is 1. The van der Waals surface area contributed by atoms with E-state index in [-0.39, 0.29) is 10.7 Å². The Bertz CT molecular complexity index is 1200. The van der Waals surface area contributed by atoms with Crippen LogP contribution >= 0.6 is 11.6 Å². The monoisotopic (exact) mass is 467 g/mol. The molecule has 2 fully saturated rings. The van der Waals surface area contributed by atoms with Crippen molar-refractivity contribution < 1.29 is 32.2 Å². The zero-order valence-electron chi connectivity index (χ0n) is 16.8. The summed E-state index contributed by atoms with van der Waals surface area (Å²) in [6.45, 7) is 3.43. The van der Waals surface area contributed by atoms with Crippen molar-refractivity contribution >= 4 is 28.4 Å². The fourth-order valence-corrected chi connectivity index (χ4v) is 4.34. The molecule has 0 spiro atoms. The summed E-state index contributed by atoms with van der Waals surface area (Å²) in [6, 6.07) is 5.73. The highest BCUT2D eigenvalue weighted by atomic mass is 35.5. The Morgan fingerprint density at radius 3 is 2.47 bits per heavy atom. The van der Waals surface area contributed by atoms with Gasteiger partial charge in [-0.05, 0) is 32.0 Å². The lowest BCUT2D eigenvalue weighted by Crippen LogP contribution is -2.35. The third kappa shape index (κ3) is 3.47. The van der Waals surface area contributed by atoms with Crippen LogP contribution in [0.4, 0.5) is 13.2 Å². The highest BCUT2D eigenvalue weighted by molar-refractivity contribution is 6.33. The van der Waals surface area contributed by atoms with E-state index < -0.39 is 47.8 Å². The Kier molecular flexibility index (Phi) is 4.82. The maximum absolute atomic E-state index is 13.2. The molecule has 2 aliphatic heterocycles. The lowest BCUT2D eigenvalue weighted by molar-refractivity contribution is -0.190. The number of Topliss-reactive ketones (excluding diaryl/α,β-unsaturated/α-hetero) is 1. The van der Waals surface area contributed by atoms with Gasteiger partial charge < -0.3 is 18.8 Å². The maximum atomic E-state index is 13.2. The first-order valence-corrected chi connectivity index (χ1v) is 10.1.